The Morgan fingerprint density at radius 3 is 2.95 bits per heavy atom. The van der Waals surface area contributed by atoms with Gasteiger partial charge in [-0.25, -0.2) is 4.39 Å². The summed E-state index contributed by atoms with van der Waals surface area (Å²) in [6.07, 6.45) is 5.33. The van der Waals surface area contributed by atoms with Crippen molar-refractivity contribution in [3.63, 3.8) is 0 Å². The second-order valence-electron chi connectivity index (χ2n) is 6.08. The van der Waals surface area contributed by atoms with Crippen LogP contribution >= 0.6 is 11.6 Å². The lowest BCUT2D eigenvalue weighted by molar-refractivity contribution is 0.317. The zero-order chi connectivity index (χ0) is 13.9. The fraction of sp³-hybridized carbons (Fsp3) is 0.625. The largest absolute Gasteiger partial charge is 0.314 e. The fourth-order valence-electron chi connectivity index (χ4n) is 3.13. The Kier molecular flexibility index (Phi) is 4.86. The number of benzene rings is 1. The molecule has 1 aromatic carbocycles. The predicted octanol–water partition coefficient (Wildman–Crippen LogP) is 4.58. The Hall–Kier alpha value is -0.600. The molecule has 1 fully saturated rings. The lowest BCUT2D eigenvalue weighted by Gasteiger charge is -2.25. The second kappa shape index (κ2) is 6.23. The molecule has 19 heavy (non-hydrogen) atoms. The van der Waals surface area contributed by atoms with Crippen LogP contribution in [0.4, 0.5) is 4.39 Å². The van der Waals surface area contributed by atoms with Gasteiger partial charge in [-0.05, 0) is 56.2 Å². The van der Waals surface area contributed by atoms with Crippen LogP contribution in [0.2, 0.25) is 5.02 Å². The summed E-state index contributed by atoms with van der Waals surface area (Å²) in [7, 11) is 0. The maximum Gasteiger partial charge on any atom is 0.127 e. The number of hydrogen-bond donors (Lipinski definition) is 1. The quantitative estimate of drug-likeness (QED) is 0.834. The van der Waals surface area contributed by atoms with Crippen molar-refractivity contribution in [2.75, 3.05) is 6.54 Å². The van der Waals surface area contributed by atoms with Gasteiger partial charge in [0.2, 0.25) is 0 Å². The number of halogens is 2. The number of nitrogens with one attached hydrogen (secondary N) is 1. The van der Waals surface area contributed by atoms with E-state index in [2.05, 4.69) is 19.2 Å². The molecule has 3 heteroatoms. The summed E-state index contributed by atoms with van der Waals surface area (Å²) in [6.45, 7) is 5.50. The minimum Gasteiger partial charge on any atom is -0.314 e. The summed E-state index contributed by atoms with van der Waals surface area (Å²) in [5.74, 6) is -0.168. The Morgan fingerprint density at radius 1 is 1.47 bits per heavy atom. The zero-order valence-corrected chi connectivity index (χ0v) is 12.6. The molecule has 1 saturated carbocycles. The van der Waals surface area contributed by atoms with Gasteiger partial charge in [0, 0.05) is 16.6 Å². The van der Waals surface area contributed by atoms with E-state index in [9.17, 15) is 4.39 Å². The summed E-state index contributed by atoms with van der Waals surface area (Å²) in [5, 5.41) is 4.14. The average molecular weight is 284 g/mol. The van der Waals surface area contributed by atoms with Gasteiger partial charge in [0.1, 0.15) is 5.82 Å². The van der Waals surface area contributed by atoms with E-state index in [1.165, 1.54) is 12.5 Å². The standard InChI is InChI=1S/C16H23ClFN/c1-3-9-19-12-7-8-16(2,10-12)11-13-14(17)5-4-6-15(13)18/h4-6,12,19H,3,7-11H2,1-2H3. The normalized spacial score (nSPS) is 26.8. The molecular weight excluding hydrogens is 261 g/mol. The van der Waals surface area contributed by atoms with Gasteiger partial charge in [-0.15, -0.1) is 0 Å². The van der Waals surface area contributed by atoms with Crippen LogP contribution in [-0.2, 0) is 6.42 Å². The Balaban J connectivity index is 2.03. The molecule has 0 aromatic heterocycles. The molecule has 0 aliphatic heterocycles. The summed E-state index contributed by atoms with van der Waals surface area (Å²) < 4.78 is 13.9. The molecule has 0 heterocycles. The monoisotopic (exact) mass is 283 g/mol. The van der Waals surface area contributed by atoms with Gasteiger partial charge in [-0.1, -0.05) is 31.5 Å². The Bertz CT molecular complexity index is 415. The third kappa shape index (κ3) is 3.70. The second-order valence-corrected chi connectivity index (χ2v) is 6.49. The summed E-state index contributed by atoms with van der Waals surface area (Å²) in [6, 6.07) is 5.54. The molecular formula is C16H23ClFN. The van der Waals surface area contributed by atoms with Gasteiger partial charge < -0.3 is 5.32 Å². The van der Waals surface area contributed by atoms with Crippen LogP contribution < -0.4 is 5.32 Å². The van der Waals surface area contributed by atoms with E-state index in [1.807, 2.05) is 0 Å². The highest BCUT2D eigenvalue weighted by molar-refractivity contribution is 6.31. The van der Waals surface area contributed by atoms with Gasteiger partial charge in [0.05, 0.1) is 0 Å². The Labute approximate surface area is 120 Å². The molecule has 0 bridgehead atoms. The summed E-state index contributed by atoms with van der Waals surface area (Å²) in [4.78, 5) is 0. The number of hydrogen-bond acceptors (Lipinski definition) is 1. The van der Waals surface area contributed by atoms with Crippen LogP contribution in [0.5, 0.6) is 0 Å². The van der Waals surface area contributed by atoms with E-state index in [0.717, 1.165) is 32.2 Å². The van der Waals surface area contributed by atoms with E-state index < -0.39 is 0 Å². The molecule has 2 atom stereocenters. The molecule has 0 amide bonds. The highest BCUT2D eigenvalue weighted by Gasteiger charge is 2.35. The lowest BCUT2D eigenvalue weighted by Crippen LogP contribution is -2.29. The van der Waals surface area contributed by atoms with Crippen LogP contribution in [0.1, 0.15) is 45.1 Å². The van der Waals surface area contributed by atoms with Crippen molar-refractivity contribution in [1.29, 1.82) is 0 Å². The highest BCUT2D eigenvalue weighted by atomic mass is 35.5. The van der Waals surface area contributed by atoms with Crippen LogP contribution in [0.25, 0.3) is 0 Å². The topological polar surface area (TPSA) is 12.0 Å². The average Bonchev–Trinajstić information content (AvgIpc) is 2.74. The summed E-state index contributed by atoms with van der Waals surface area (Å²) >= 11 is 6.13. The predicted molar refractivity (Wildman–Crippen MR) is 79.2 cm³/mol. The van der Waals surface area contributed by atoms with Crippen molar-refractivity contribution >= 4 is 11.6 Å². The van der Waals surface area contributed by atoms with E-state index in [-0.39, 0.29) is 11.2 Å². The highest BCUT2D eigenvalue weighted by Crippen LogP contribution is 2.42. The molecule has 0 saturated heterocycles. The van der Waals surface area contributed by atoms with Gasteiger partial charge in [-0.2, -0.15) is 0 Å². The third-order valence-corrected chi connectivity index (χ3v) is 4.54. The number of rotatable bonds is 5. The first kappa shape index (κ1) is 14.8. The van der Waals surface area contributed by atoms with Gasteiger partial charge in [0.15, 0.2) is 0 Å². The summed E-state index contributed by atoms with van der Waals surface area (Å²) in [5.41, 5.74) is 0.847. The first-order valence-electron chi connectivity index (χ1n) is 7.20. The van der Waals surface area contributed by atoms with Gasteiger partial charge >= 0.3 is 0 Å². The van der Waals surface area contributed by atoms with E-state index in [1.54, 1.807) is 12.1 Å². The first-order valence-corrected chi connectivity index (χ1v) is 7.58. The molecule has 1 aliphatic carbocycles. The maximum absolute atomic E-state index is 13.9. The fourth-order valence-corrected chi connectivity index (χ4v) is 3.36. The minimum atomic E-state index is -0.168. The van der Waals surface area contributed by atoms with Crippen molar-refractivity contribution in [3.05, 3.63) is 34.6 Å². The molecule has 0 spiro atoms. The zero-order valence-electron chi connectivity index (χ0n) is 11.8. The van der Waals surface area contributed by atoms with Gasteiger partial charge in [-0.3, -0.25) is 0 Å². The molecule has 1 aromatic rings. The van der Waals surface area contributed by atoms with Crippen molar-refractivity contribution < 1.29 is 4.39 Å². The van der Waals surface area contributed by atoms with E-state index in [4.69, 9.17) is 11.6 Å². The molecule has 106 valence electrons. The molecule has 0 radical (unpaired) electrons. The smallest absolute Gasteiger partial charge is 0.127 e. The third-order valence-electron chi connectivity index (χ3n) is 4.18. The van der Waals surface area contributed by atoms with E-state index in [0.29, 0.717) is 16.6 Å². The maximum atomic E-state index is 13.9. The van der Waals surface area contributed by atoms with E-state index >= 15 is 0 Å². The van der Waals surface area contributed by atoms with Crippen molar-refractivity contribution in [3.8, 4) is 0 Å². The molecule has 1 N–H and O–H groups in total. The van der Waals surface area contributed by atoms with Crippen LogP contribution in [0.15, 0.2) is 18.2 Å². The van der Waals surface area contributed by atoms with Crippen LogP contribution in [0, 0.1) is 11.2 Å². The first-order chi connectivity index (χ1) is 9.04. The van der Waals surface area contributed by atoms with Crippen molar-refractivity contribution in [1.82, 2.24) is 5.32 Å². The molecule has 1 nitrogen and oxygen atoms in total. The van der Waals surface area contributed by atoms with Gasteiger partial charge in [0.25, 0.3) is 0 Å². The van der Waals surface area contributed by atoms with Crippen LogP contribution in [-0.4, -0.2) is 12.6 Å². The molecule has 2 rings (SSSR count). The van der Waals surface area contributed by atoms with Crippen molar-refractivity contribution in [2.45, 2.75) is 52.0 Å². The lowest BCUT2D eigenvalue weighted by atomic mass is 9.82. The Morgan fingerprint density at radius 2 is 2.26 bits per heavy atom. The molecule has 1 aliphatic rings. The van der Waals surface area contributed by atoms with Crippen LogP contribution in [0.3, 0.4) is 0 Å². The minimum absolute atomic E-state index is 0.164. The SMILES string of the molecule is CCCNC1CCC(C)(Cc2c(F)cccc2Cl)C1. The van der Waals surface area contributed by atoms with Crippen molar-refractivity contribution in [2.24, 2.45) is 5.41 Å². The molecule has 2 unspecified atom stereocenters.